The quantitative estimate of drug-likeness (QED) is 0.797. The summed E-state index contributed by atoms with van der Waals surface area (Å²) in [6.07, 6.45) is 0.465. The summed E-state index contributed by atoms with van der Waals surface area (Å²) < 4.78 is 5.40. The van der Waals surface area contributed by atoms with E-state index in [2.05, 4.69) is 15.9 Å². The molecule has 0 spiro atoms. The summed E-state index contributed by atoms with van der Waals surface area (Å²) in [6, 6.07) is 1.40. The Labute approximate surface area is 131 Å². The standard InChI is InChI=1S/C14H16BrClO4/c1-4-20-14(19)9-6-10(15)12(16)8(5-7(2)3)11(9)13(17)18/h6-7H,4-5H2,1-3H3,(H,17,18). The molecule has 0 saturated heterocycles. The Balaban J connectivity index is 3.55. The van der Waals surface area contributed by atoms with Crippen LogP contribution < -0.4 is 0 Å². The molecule has 0 saturated carbocycles. The maximum absolute atomic E-state index is 11.9. The number of halogens is 2. The highest BCUT2D eigenvalue weighted by molar-refractivity contribution is 9.10. The lowest BCUT2D eigenvalue weighted by atomic mass is 9.94. The van der Waals surface area contributed by atoms with Crippen molar-refractivity contribution in [2.24, 2.45) is 5.92 Å². The summed E-state index contributed by atoms with van der Waals surface area (Å²) >= 11 is 9.43. The van der Waals surface area contributed by atoms with Crippen LogP contribution in [0.2, 0.25) is 5.02 Å². The van der Waals surface area contributed by atoms with E-state index in [0.717, 1.165) is 0 Å². The number of benzene rings is 1. The van der Waals surface area contributed by atoms with Crippen LogP contribution in [0.4, 0.5) is 0 Å². The normalized spacial score (nSPS) is 10.7. The van der Waals surface area contributed by atoms with Crippen LogP contribution in [-0.4, -0.2) is 23.7 Å². The van der Waals surface area contributed by atoms with Gasteiger partial charge in [0, 0.05) is 4.47 Å². The fourth-order valence-corrected chi connectivity index (χ4v) is 2.59. The third-order valence-corrected chi connectivity index (χ3v) is 3.92. The van der Waals surface area contributed by atoms with Crippen LogP contribution in [-0.2, 0) is 11.2 Å². The minimum absolute atomic E-state index is 0.0197. The minimum atomic E-state index is -1.18. The van der Waals surface area contributed by atoms with Gasteiger partial charge in [-0.1, -0.05) is 25.4 Å². The van der Waals surface area contributed by atoms with Gasteiger partial charge in [0.15, 0.2) is 0 Å². The van der Waals surface area contributed by atoms with E-state index in [1.165, 1.54) is 6.07 Å². The van der Waals surface area contributed by atoms with Crippen molar-refractivity contribution >= 4 is 39.5 Å². The highest BCUT2D eigenvalue weighted by Gasteiger charge is 2.25. The molecular weight excluding hydrogens is 348 g/mol. The Morgan fingerprint density at radius 3 is 2.50 bits per heavy atom. The zero-order valence-corrected chi connectivity index (χ0v) is 13.8. The van der Waals surface area contributed by atoms with E-state index in [4.69, 9.17) is 16.3 Å². The summed E-state index contributed by atoms with van der Waals surface area (Å²) in [6.45, 7) is 5.75. The van der Waals surface area contributed by atoms with Crippen molar-refractivity contribution in [3.8, 4) is 0 Å². The first-order valence-corrected chi connectivity index (χ1v) is 7.37. The predicted molar refractivity (Wildman–Crippen MR) is 80.6 cm³/mol. The molecule has 1 rings (SSSR count). The van der Waals surface area contributed by atoms with Crippen molar-refractivity contribution in [3.05, 3.63) is 32.3 Å². The van der Waals surface area contributed by atoms with Gasteiger partial charge < -0.3 is 9.84 Å². The van der Waals surface area contributed by atoms with Gasteiger partial charge in [-0.15, -0.1) is 0 Å². The Bertz CT molecular complexity index is 540. The lowest BCUT2D eigenvalue weighted by Crippen LogP contribution is -2.16. The second kappa shape index (κ2) is 7.09. The average molecular weight is 364 g/mol. The van der Waals surface area contributed by atoms with Gasteiger partial charge in [0.25, 0.3) is 0 Å². The van der Waals surface area contributed by atoms with Gasteiger partial charge in [-0.25, -0.2) is 9.59 Å². The van der Waals surface area contributed by atoms with E-state index < -0.39 is 11.9 Å². The second-order valence-corrected chi connectivity index (χ2v) is 5.93. The molecule has 0 atom stereocenters. The highest BCUT2D eigenvalue weighted by atomic mass is 79.9. The molecule has 6 heteroatoms. The van der Waals surface area contributed by atoms with Gasteiger partial charge in [0.05, 0.1) is 22.8 Å². The maximum Gasteiger partial charge on any atom is 0.339 e. The molecule has 20 heavy (non-hydrogen) atoms. The number of rotatable bonds is 5. The number of hydrogen-bond acceptors (Lipinski definition) is 3. The van der Waals surface area contributed by atoms with Crippen molar-refractivity contribution in [3.63, 3.8) is 0 Å². The average Bonchev–Trinajstić information content (AvgIpc) is 2.33. The number of aromatic carboxylic acids is 1. The van der Waals surface area contributed by atoms with E-state index in [1.807, 2.05) is 13.8 Å². The number of carbonyl (C=O) groups excluding carboxylic acids is 1. The zero-order valence-electron chi connectivity index (χ0n) is 11.5. The number of ether oxygens (including phenoxy) is 1. The molecule has 0 aliphatic carbocycles. The molecule has 0 fully saturated rings. The fourth-order valence-electron chi connectivity index (χ4n) is 1.89. The van der Waals surface area contributed by atoms with Crippen molar-refractivity contribution < 1.29 is 19.4 Å². The number of hydrogen-bond donors (Lipinski definition) is 1. The van der Waals surface area contributed by atoms with Crippen LogP contribution >= 0.6 is 27.5 Å². The minimum Gasteiger partial charge on any atom is -0.478 e. The van der Waals surface area contributed by atoms with Gasteiger partial charge in [0.2, 0.25) is 0 Å². The molecule has 0 amide bonds. The monoisotopic (exact) mass is 362 g/mol. The molecule has 0 aromatic heterocycles. The van der Waals surface area contributed by atoms with E-state index in [0.29, 0.717) is 21.5 Å². The Morgan fingerprint density at radius 1 is 1.45 bits per heavy atom. The van der Waals surface area contributed by atoms with Gasteiger partial charge in [-0.2, -0.15) is 0 Å². The van der Waals surface area contributed by atoms with Crippen molar-refractivity contribution in [1.29, 1.82) is 0 Å². The largest absolute Gasteiger partial charge is 0.478 e. The summed E-state index contributed by atoms with van der Waals surface area (Å²) in [7, 11) is 0. The van der Waals surface area contributed by atoms with Crippen LogP contribution in [0.15, 0.2) is 10.5 Å². The summed E-state index contributed by atoms with van der Waals surface area (Å²) in [5, 5.41) is 9.73. The molecule has 0 radical (unpaired) electrons. The van der Waals surface area contributed by atoms with E-state index in [-0.39, 0.29) is 23.7 Å². The summed E-state index contributed by atoms with van der Waals surface area (Å²) in [5.74, 6) is -1.64. The second-order valence-electron chi connectivity index (χ2n) is 4.70. The van der Waals surface area contributed by atoms with Crippen molar-refractivity contribution in [2.45, 2.75) is 27.2 Å². The van der Waals surface area contributed by atoms with E-state index >= 15 is 0 Å². The van der Waals surface area contributed by atoms with Gasteiger partial charge in [-0.05, 0) is 46.8 Å². The van der Waals surface area contributed by atoms with Crippen LogP contribution in [0.3, 0.4) is 0 Å². The van der Waals surface area contributed by atoms with Crippen LogP contribution in [0.25, 0.3) is 0 Å². The molecule has 0 aliphatic rings. The first kappa shape index (κ1) is 17.0. The molecule has 110 valence electrons. The molecular formula is C14H16BrClO4. The molecule has 0 heterocycles. The van der Waals surface area contributed by atoms with Crippen LogP contribution in [0, 0.1) is 5.92 Å². The summed E-state index contributed by atoms with van der Waals surface area (Å²) in [5.41, 5.74) is 0.392. The van der Waals surface area contributed by atoms with Crippen LogP contribution in [0.1, 0.15) is 47.1 Å². The Kier molecular flexibility index (Phi) is 6.02. The lowest BCUT2D eigenvalue weighted by Gasteiger charge is -2.16. The SMILES string of the molecule is CCOC(=O)c1cc(Br)c(Cl)c(CC(C)C)c1C(=O)O. The number of carboxylic acids is 1. The molecule has 1 aromatic rings. The molecule has 1 aromatic carbocycles. The lowest BCUT2D eigenvalue weighted by molar-refractivity contribution is 0.0514. The van der Waals surface area contributed by atoms with E-state index in [1.54, 1.807) is 6.92 Å². The predicted octanol–water partition coefficient (Wildman–Crippen LogP) is 4.18. The topological polar surface area (TPSA) is 63.6 Å². The molecule has 1 N–H and O–H groups in total. The molecule has 4 nitrogen and oxygen atoms in total. The summed E-state index contributed by atoms with van der Waals surface area (Å²) in [4.78, 5) is 23.4. The maximum atomic E-state index is 11.9. The number of carbonyl (C=O) groups is 2. The third-order valence-electron chi connectivity index (χ3n) is 2.64. The Hall–Kier alpha value is -1.07. The third kappa shape index (κ3) is 3.73. The fraction of sp³-hybridized carbons (Fsp3) is 0.429. The molecule has 0 bridgehead atoms. The number of esters is 1. The van der Waals surface area contributed by atoms with Gasteiger partial charge in [-0.3, -0.25) is 0 Å². The van der Waals surface area contributed by atoms with Gasteiger partial charge >= 0.3 is 11.9 Å². The smallest absolute Gasteiger partial charge is 0.339 e. The highest BCUT2D eigenvalue weighted by Crippen LogP contribution is 2.34. The first-order valence-electron chi connectivity index (χ1n) is 6.20. The Morgan fingerprint density at radius 2 is 2.05 bits per heavy atom. The first-order chi connectivity index (χ1) is 9.29. The zero-order chi connectivity index (χ0) is 15.4. The van der Waals surface area contributed by atoms with Crippen molar-refractivity contribution in [1.82, 2.24) is 0 Å². The molecule has 0 unspecified atom stereocenters. The number of carboxylic acid groups (broad SMARTS) is 1. The van der Waals surface area contributed by atoms with Crippen LogP contribution in [0.5, 0.6) is 0 Å². The molecule has 0 aliphatic heterocycles. The van der Waals surface area contributed by atoms with E-state index in [9.17, 15) is 14.7 Å². The van der Waals surface area contributed by atoms with Crippen molar-refractivity contribution in [2.75, 3.05) is 6.61 Å². The van der Waals surface area contributed by atoms with Gasteiger partial charge in [0.1, 0.15) is 0 Å².